The van der Waals surface area contributed by atoms with Gasteiger partial charge in [0.25, 0.3) is 0 Å². The van der Waals surface area contributed by atoms with Gasteiger partial charge >= 0.3 is 5.97 Å². The Kier molecular flexibility index (Phi) is 5.95. The second-order valence-electron chi connectivity index (χ2n) is 4.99. The van der Waals surface area contributed by atoms with Gasteiger partial charge in [0.05, 0.1) is 7.11 Å². The van der Waals surface area contributed by atoms with Crippen molar-refractivity contribution in [2.45, 2.75) is 37.2 Å². The van der Waals surface area contributed by atoms with Crippen molar-refractivity contribution in [1.29, 1.82) is 0 Å². The molecule has 0 saturated heterocycles. The number of methoxy groups -OCH3 is 1. The van der Waals surface area contributed by atoms with Gasteiger partial charge in [0.1, 0.15) is 5.54 Å². The number of hydrogen-bond acceptors (Lipinski definition) is 4. The van der Waals surface area contributed by atoms with E-state index in [0.717, 1.165) is 12.1 Å². The summed E-state index contributed by atoms with van der Waals surface area (Å²) in [5.41, 5.74) is -0.890. The van der Waals surface area contributed by atoms with Gasteiger partial charge in [-0.2, -0.15) is 0 Å². The van der Waals surface area contributed by atoms with Crippen LogP contribution in [0.3, 0.4) is 0 Å². The Hall–Kier alpha value is -1.14. The standard InChI is InChI=1S/C14H19F2NO2S/c1-9(2)17-14(3,13(18)19-4)8-20-10-5-6-11(15)12(16)7-10/h5-7,9,17H,8H2,1-4H3. The van der Waals surface area contributed by atoms with Crippen LogP contribution in [0.5, 0.6) is 0 Å². The highest BCUT2D eigenvalue weighted by Crippen LogP contribution is 2.25. The lowest BCUT2D eigenvalue weighted by atomic mass is 10.0. The zero-order valence-electron chi connectivity index (χ0n) is 12.0. The molecule has 0 aliphatic heterocycles. The first kappa shape index (κ1) is 16.9. The predicted molar refractivity (Wildman–Crippen MR) is 75.8 cm³/mol. The minimum atomic E-state index is -0.897. The normalized spacial score (nSPS) is 14.2. The van der Waals surface area contributed by atoms with E-state index in [0.29, 0.717) is 10.6 Å². The largest absolute Gasteiger partial charge is 0.468 e. The summed E-state index contributed by atoms with van der Waals surface area (Å²) in [7, 11) is 1.32. The first-order valence-corrected chi connectivity index (χ1v) is 7.21. The molecule has 0 saturated carbocycles. The summed E-state index contributed by atoms with van der Waals surface area (Å²) in [5, 5.41) is 3.14. The van der Waals surface area contributed by atoms with Crippen molar-refractivity contribution < 1.29 is 18.3 Å². The van der Waals surface area contributed by atoms with E-state index in [2.05, 4.69) is 5.32 Å². The highest BCUT2D eigenvalue weighted by atomic mass is 32.2. The van der Waals surface area contributed by atoms with Crippen LogP contribution in [-0.2, 0) is 9.53 Å². The van der Waals surface area contributed by atoms with Crippen molar-refractivity contribution in [1.82, 2.24) is 5.32 Å². The van der Waals surface area contributed by atoms with Crippen LogP contribution in [-0.4, -0.2) is 30.4 Å². The number of hydrogen-bond donors (Lipinski definition) is 1. The van der Waals surface area contributed by atoms with Crippen molar-refractivity contribution in [3.8, 4) is 0 Å². The molecule has 0 fully saturated rings. The number of benzene rings is 1. The molecule has 1 rings (SSSR count). The number of halogens is 2. The van der Waals surface area contributed by atoms with E-state index >= 15 is 0 Å². The number of carbonyl (C=O) groups is 1. The number of esters is 1. The third kappa shape index (κ3) is 4.45. The molecule has 3 nitrogen and oxygen atoms in total. The second kappa shape index (κ2) is 7.04. The smallest absolute Gasteiger partial charge is 0.326 e. The molecular formula is C14H19F2NO2S. The summed E-state index contributed by atoms with van der Waals surface area (Å²) in [6, 6.07) is 3.76. The van der Waals surface area contributed by atoms with Gasteiger partial charge in [0, 0.05) is 16.7 Å². The van der Waals surface area contributed by atoms with Gasteiger partial charge in [-0.1, -0.05) is 0 Å². The maximum atomic E-state index is 13.1. The average Bonchev–Trinajstić information content (AvgIpc) is 2.38. The molecule has 1 atom stereocenters. The van der Waals surface area contributed by atoms with Crippen LogP contribution in [0.1, 0.15) is 20.8 Å². The Balaban J connectivity index is 2.80. The Morgan fingerprint density at radius 1 is 1.40 bits per heavy atom. The molecule has 0 amide bonds. The van der Waals surface area contributed by atoms with Crippen LogP contribution < -0.4 is 5.32 Å². The van der Waals surface area contributed by atoms with Gasteiger partial charge in [0.15, 0.2) is 11.6 Å². The van der Waals surface area contributed by atoms with E-state index < -0.39 is 17.2 Å². The van der Waals surface area contributed by atoms with Gasteiger partial charge in [-0.15, -0.1) is 11.8 Å². The Bertz CT molecular complexity index is 482. The molecule has 20 heavy (non-hydrogen) atoms. The molecule has 0 radical (unpaired) electrons. The fourth-order valence-corrected chi connectivity index (χ4v) is 2.82. The lowest BCUT2D eigenvalue weighted by molar-refractivity contribution is -0.147. The summed E-state index contributed by atoms with van der Waals surface area (Å²) in [6.07, 6.45) is 0. The topological polar surface area (TPSA) is 38.3 Å². The molecule has 1 unspecified atom stereocenters. The highest BCUT2D eigenvalue weighted by molar-refractivity contribution is 7.99. The van der Waals surface area contributed by atoms with Crippen LogP contribution in [0.15, 0.2) is 23.1 Å². The molecule has 112 valence electrons. The van der Waals surface area contributed by atoms with Crippen molar-refractivity contribution in [2.24, 2.45) is 0 Å². The van der Waals surface area contributed by atoms with Crippen LogP contribution in [0, 0.1) is 11.6 Å². The van der Waals surface area contributed by atoms with Crippen LogP contribution in [0.4, 0.5) is 8.78 Å². The van der Waals surface area contributed by atoms with Crippen LogP contribution >= 0.6 is 11.8 Å². The lowest BCUT2D eigenvalue weighted by Gasteiger charge is -2.29. The van der Waals surface area contributed by atoms with E-state index in [4.69, 9.17) is 4.74 Å². The number of ether oxygens (including phenoxy) is 1. The van der Waals surface area contributed by atoms with Gasteiger partial charge in [-0.3, -0.25) is 10.1 Å². The van der Waals surface area contributed by atoms with Crippen molar-refractivity contribution >= 4 is 17.7 Å². The third-order valence-corrected chi connectivity index (χ3v) is 3.97. The Morgan fingerprint density at radius 3 is 2.55 bits per heavy atom. The molecule has 1 aromatic rings. The van der Waals surface area contributed by atoms with Crippen molar-refractivity contribution in [3.05, 3.63) is 29.8 Å². The quantitative estimate of drug-likeness (QED) is 0.648. The van der Waals surface area contributed by atoms with Crippen LogP contribution in [0.25, 0.3) is 0 Å². The van der Waals surface area contributed by atoms with Crippen molar-refractivity contribution in [2.75, 3.05) is 12.9 Å². The van der Waals surface area contributed by atoms with E-state index in [-0.39, 0.29) is 12.0 Å². The zero-order valence-corrected chi connectivity index (χ0v) is 12.8. The highest BCUT2D eigenvalue weighted by Gasteiger charge is 2.34. The zero-order chi connectivity index (χ0) is 15.3. The summed E-state index contributed by atoms with van der Waals surface area (Å²) < 4.78 is 30.8. The fraction of sp³-hybridized carbons (Fsp3) is 0.500. The molecule has 1 aromatic carbocycles. The van der Waals surface area contributed by atoms with Crippen molar-refractivity contribution in [3.63, 3.8) is 0 Å². The summed E-state index contributed by atoms with van der Waals surface area (Å²) >= 11 is 1.27. The predicted octanol–water partition coefficient (Wildman–Crippen LogP) is 2.99. The molecule has 0 aliphatic carbocycles. The monoisotopic (exact) mass is 303 g/mol. The minimum absolute atomic E-state index is 0.0876. The van der Waals surface area contributed by atoms with E-state index in [1.807, 2.05) is 13.8 Å². The van der Waals surface area contributed by atoms with Gasteiger partial charge in [-0.25, -0.2) is 8.78 Å². The van der Waals surface area contributed by atoms with Gasteiger partial charge in [0.2, 0.25) is 0 Å². The maximum Gasteiger partial charge on any atom is 0.326 e. The Morgan fingerprint density at radius 2 is 2.05 bits per heavy atom. The molecular weight excluding hydrogens is 284 g/mol. The minimum Gasteiger partial charge on any atom is -0.468 e. The molecule has 0 aromatic heterocycles. The number of carbonyl (C=O) groups excluding carboxylic acids is 1. The van der Waals surface area contributed by atoms with E-state index in [1.165, 1.54) is 24.9 Å². The summed E-state index contributed by atoms with van der Waals surface area (Å²) in [5.74, 6) is -1.82. The molecule has 1 N–H and O–H groups in total. The van der Waals surface area contributed by atoms with Crippen LogP contribution in [0.2, 0.25) is 0 Å². The molecule has 0 bridgehead atoms. The fourth-order valence-electron chi connectivity index (χ4n) is 1.82. The third-order valence-electron chi connectivity index (χ3n) is 2.66. The maximum absolute atomic E-state index is 13.1. The average molecular weight is 303 g/mol. The lowest BCUT2D eigenvalue weighted by Crippen LogP contribution is -2.54. The summed E-state index contributed by atoms with van der Waals surface area (Å²) in [4.78, 5) is 12.4. The first-order chi connectivity index (χ1) is 9.28. The Labute approximate surface area is 122 Å². The van der Waals surface area contributed by atoms with Gasteiger partial charge in [-0.05, 0) is 39.0 Å². The second-order valence-corrected chi connectivity index (χ2v) is 6.04. The molecule has 0 aliphatic rings. The first-order valence-electron chi connectivity index (χ1n) is 6.22. The van der Waals surface area contributed by atoms with E-state index in [1.54, 1.807) is 6.92 Å². The number of nitrogens with one attached hydrogen (secondary N) is 1. The molecule has 6 heteroatoms. The summed E-state index contributed by atoms with van der Waals surface area (Å²) in [6.45, 7) is 5.57. The molecule has 0 heterocycles. The van der Waals surface area contributed by atoms with E-state index in [9.17, 15) is 13.6 Å². The molecule has 0 spiro atoms. The van der Waals surface area contributed by atoms with Gasteiger partial charge < -0.3 is 4.74 Å². The number of thioether (sulfide) groups is 1. The number of rotatable bonds is 6. The SMILES string of the molecule is COC(=O)C(C)(CSc1ccc(F)c(F)c1)NC(C)C.